The molecular formula is C20H20FN3O3S3. The van der Waals surface area contributed by atoms with E-state index in [1.807, 2.05) is 23.8 Å². The van der Waals surface area contributed by atoms with Gasteiger partial charge in [0.15, 0.2) is 0 Å². The van der Waals surface area contributed by atoms with Gasteiger partial charge in [-0.1, -0.05) is 0 Å². The Bertz CT molecular complexity index is 1140. The number of hydrogen-bond acceptors (Lipinski definition) is 6. The van der Waals surface area contributed by atoms with Crippen LogP contribution in [0.5, 0.6) is 0 Å². The van der Waals surface area contributed by atoms with Crippen LogP contribution in [0, 0.1) is 12.7 Å². The van der Waals surface area contributed by atoms with Crippen LogP contribution in [0.3, 0.4) is 0 Å². The first-order valence-electron chi connectivity index (χ1n) is 9.41. The Morgan fingerprint density at radius 2 is 1.87 bits per heavy atom. The van der Waals surface area contributed by atoms with E-state index in [9.17, 15) is 17.6 Å². The number of amides is 1. The highest BCUT2D eigenvalue weighted by Crippen LogP contribution is 2.30. The quantitative estimate of drug-likeness (QED) is 0.587. The first-order valence-corrected chi connectivity index (χ1v) is 12.6. The predicted molar refractivity (Wildman–Crippen MR) is 116 cm³/mol. The fourth-order valence-corrected chi connectivity index (χ4v) is 6.56. The van der Waals surface area contributed by atoms with Crippen molar-refractivity contribution in [3.63, 3.8) is 0 Å². The summed E-state index contributed by atoms with van der Waals surface area (Å²) in [6.45, 7) is 3.10. The van der Waals surface area contributed by atoms with Gasteiger partial charge in [0.2, 0.25) is 10.0 Å². The minimum Gasteiger partial charge on any atom is -0.337 e. The number of halogens is 1. The monoisotopic (exact) mass is 465 g/mol. The van der Waals surface area contributed by atoms with Crippen LogP contribution in [-0.2, 0) is 10.0 Å². The molecule has 2 aromatic heterocycles. The van der Waals surface area contributed by atoms with E-state index in [-0.39, 0.29) is 17.3 Å². The van der Waals surface area contributed by atoms with E-state index >= 15 is 0 Å². The van der Waals surface area contributed by atoms with Crippen molar-refractivity contribution in [1.29, 1.82) is 0 Å². The van der Waals surface area contributed by atoms with Crippen LogP contribution in [-0.4, -0.2) is 54.7 Å². The summed E-state index contributed by atoms with van der Waals surface area (Å²) < 4.78 is 40.3. The highest BCUT2D eigenvalue weighted by atomic mass is 32.2. The van der Waals surface area contributed by atoms with Crippen LogP contribution in [0.4, 0.5) is 4.39 Å². The van der Waals surface area contributed by atoms with Crippen molar-refractivity contribution in [3.05, 3.63) is 57.5 Å². The van der Waals surface area contributed by atoms with Gasteiger partial charge >= 0.3 is 0 Å². The summed E-state index contributed by atoms with van der Waals surface area (Å²) in [5.41, 5.74) is 1.69. The molecule has 1 fully saturated rings. The average molecular weight is 466 g/mol. The molecular weight excluding hydrogens is 445 g/mol. The molecule has 0 saturated carbocycles. The molecule has 0 spiro atoms. The van der Waals surface area contributed by atoms with Gasteiger partial charge in [-0.05, 0) is 49.1 Å². The van der Waals surface area contributed by atoms with E-state index in [1.165, 1.54) is 27.8 Å². The molecule has 0 N–H and O–H groups in total. The molecule has 30 heavy (non-hydrogen) atoms. The van der Waals surface area contributed by atoms with Gasteiger partial charge in [-0.3, -0.25) is 4.79 Å². The Morgan fingerprint density at radius 1 is 1.10 bits per heavy atom. The summed E-state index contributed by atoms with van der Waals surface area (Å²) in [6, 6.07) is 6.79. The number of carbonyl (C=O) groups is 1. The van der Waals surface area contributed by atoms with Crippen molar-refractivity contribution >= 4 is 38.6 Å². The van der Waals surface area contributed by atoms with Crippen LogP contribution in [0.1, 0.15) is 21.8 Å². The number of rotatable bonds is 4. The number of sulfonamides is 1. The van der Waals surface area contributed by atoms with Crippen molar-refractivity contribution in [1.82, 2.24) is 14.2 Å². The summed E-state index contributed by atoms with van der Waals surface area (Å²) >= 11 is 2.95. The minimum absolute atomic E-state index is 0.0578. The molecule has 0 radical (unpaired) electrons. The van der Waals surface area contributed by atoms with Gasteiger partial charge in [0, 0.05) is 37.1 Å². The summed E-state index contributed by atoms with van der Waals surface area (Å²) in [5, 5.41) is 4.78. The van der Waals surface area contributed by atoms with Crippen LogP contribution < -0.4 is 0 Å². The predicted octanol–water partition coefficient (Wildman–Crippen LogP) is 3.86. The molecule has 3 aromatic rings. The zero-order valence-corrected chi connectivity index (χ0v) is 18.7. The zero-order chi connectivity index (χ0) is 21.3. The molecule has 0 atom stereocenters. The summed E-state index contributed by atoms with van der Waals surface area (Å²) in [5.74, 6) is -0.601. The molecule has 6 nitrogen and oxygen atoms in total. The van der Waals surface area contributed by atoms with Crippen LogP contribution >= 0.6 is 22.7 Å². The Hall–Kier alpha value is -2.14. The van der Waals surface area contributed by atoms with Crippen molar-refractivity contribution in [2.75, 3.05) is 26.2 Å². The molecule has 10 heteroatoms. The summed E-state index contributed by atoms with van der Waals surface area (Å²) in [6.07, 6.45) is 0.529. The van der Waals surface area contributed by atoms with E-state index in [0.29, 0.717) is 36.6 Å². The molecule has 1 saturated heterocycles. The van der Waals surface area contributed by atoms with Crippen molar-refractivity contribution in [2.24, 2.45) is 0 Å². The van der Waals surface area contributed by atoms with E-state index in [2.05, 4.69) is 4.98 Å². The molecule has 1 aliphatic heterocycles. The first-order chi connectivity index (χ1) is 14.4. The highest BCUT2D eigenvalue weighted by molar-refractivity contribution is 7.89. The third kappa shape index (κ3) is 4.18. The van der Waals surface area contributed by atoms with Crippen LogP contribution in [0.15, 0.2) is 46.0 Å². The molecule has 3 heterocycles. The van der Waals surface area contributed by atoms with Gasteiger partial charge in [0.25, 0.3) is 5.91 Å². The maximum absolute atomic E-state index is 13.2. The molecule has 1 amide bonds. The van der Waals surface area contributed by atoms with Crippen molar-refractivity contribution < 1.29 is 17.6 Å². The topological polar surface area (TPSA) is 70.6 Å². The maximum Gasteiger partial charge on any atom is 0.265 e. The fraction of sp³-hybridized carbons (Fsp3) is 0.300. The van der Waals surface area contributed by atoms with Crippen molar-refractivity contribution in [3.8, 4) is 10.6 Å². The zero-order valence-electron chi connectivity index (χ0n) is 16.2. The Labute approximate surface area is 182 Å². The van der Waals surface area contributed by atoms with Gasteiger partial charge in [-0.2, -0.15) is 15.6 Å². The van der Waals surface area contributed by atoms with Crippen LogP contribution in [0.25, 0.3) is 10.6 Å². The Morgan fingerprint density at radius 3 is 2.57 bits per heavy atom. The number of aryl methyl sites for hydroxylation is 1. The van der Waals surface area contributed by atoms with Gasteiger partial charge < -0.3 is 4.90 Å². The lowest BCUT2D eigenvalue weighted by Crippen LogP contribution is -2.37. The second-order valence-corrected chi connectivity index (χ2v) is 10.7. The SMILES string of the molecule is Cc1nc(-c2ccsc2)sc1C(=O)N1CCCN(S(=O)(=O)c2ccc(F)cc2)CC1. The average Bonchev–Trinajstić information content (AvgIpc) is 3.31. The number of nitrogens with zero attached hydrogens (tertiary/aromatic N) is 3. The molecule has 0 bridgehead atoms. The first kappa shape index (κ1) is 21.1. The van der Waals surface area contributed by atoms with E-state index in [0.717, 1.165) is 22.7 Å². The van der Waals surface area contributed by atoms with E-state index in [1.54, 1.807) is 16.2 Å². The number of hydrogen-bond donors (Lipinski definition) is 0. The maximum atomic E-state index is 13.2. The molecule has 158 valence electrons. The number of thiophene rings is 1. The normalized spacial score (nSPS) is 15.9. The third-order valence-corrected chi connectivity index (χ3v) is 8.74. The van der Waals surface area contributed by atoms with Gasteiger partial charge in [0.1, 0.15) is 15.7 Å². The Balaban J connectivity index is 1.49. The summed E-state index contributed by atoms with van der Waals surface area (Å²) in [7, 11) is -3.73. The molecule has 4 rings (SSSR count). The standard InChI is InChI=1S/C20H20FN3O3S3/c1-14-18(29-19(22-14)15-7-12-28-13-15)20(25)23-8-2-9-24(11-10-23)30(26,27)17-5-3-16(21)4-6-17/h3-7,12-13H,2,8-11H2,1H3. The fourth-order valence-electron chi connectivity index (χ4n) is 3.34. The molecule has 1 aliphatic rings. The minimum atomic E-state index is -3.73. The summed E-state index contributed by atoms with van der Waals surface area (Å²) in [4.78, 5) is 20.0. The van der Waals surface area contributed by atoms with Crippen molar-refractivity contribution in [2.45, 2.75) is 18.2 Å². The van der Waals surface area contributed by atoms with E-state index in [4.69, 9.17) is 0 Å². The largest absolute Gasteiger partial charge is 0.337 e. The lowest BCUT2D eigenvalue weighted by Gasteiger charge is -2.21. The lowest BCUT2D eigenvalue weighted by atomic mass is 10.3. The number of carbonyl (C=O) groups excluding carboxylic acids is 1. The second kappa shape index (κ2) is 8.54. The molecule has 1 aromatic carbocycles. The number of aromatic nitrogens is 1. The molecule has 0 aliphatic carbocycles. The third-order valence-electron chi connectivity index (χ3n) is 4.95. The highest BCUT2D eigenvalue weighted by Gasteiger charge is 2.30. The van der Waals surface area contributed by atoms with Crippen LogP contribution in [0.2, 0.25) is 0 Å². The lowest BCUT2D eigenvalue weighted by molar-refractivity contribution is 0.0768. The number of benzene rings is 1. The molecule has 0 unspecified atom stereocenters. The van der Waals surface area contributed by atoms with Gasteiger partial charge in [-0.25, -0.2) is 17.8 Å². The van der Waals surface area contributed by atoms with Gasteiger partial charge in [-0.15, -0.1) is 11.3 Å². The smallest absolute Gasteiger partial charge is 0.265 e. The second-order valence-electron chi connectivity index (χ2n) is 6.95. The number of thiazole rings is 1. The van der Waals surface area contributed by atoms with Gasteiger partial charge in [0.05, 0.1) is 10.6 Å². The Kier molecular flexibility index (Phi) is 6.01. The van der Waals surface area contributed by atoms with E-state index < -0.39 is 15.8 Å².